The van der Waals surface area contributed by atoms with Gasteiger partial charge in [-0.2, -0.15) is 16.9 Å². The van der Waals surface area contributed by atoms with Crippen molar-refractivity contribution in [3.8, 4) is 0 Å². The molecule has 0 bridgehead atoms. The molecule has 4 rings (SSSR count). The van der Waals surface area contributed by atoms with E-state index in [0.29, 0.717) is 29.8 Å². The van der Waals surface area contributed by atoms with E-state index in [1.807, 2.05) is 34.8 Å². The van der Waals surface area contributed by atoms with Crippen molar-refractivity contribution in [2.75, 3.05) is 34.8 Å². The van der Waals surface area contributed by atoms with Crippen LogP contribution in [0.25, 0.3) is 10.9 Å². The monoisotopic (exact) mass is 467 g/mol. The van der Waals surface area contributed by atoms with Gasteiger partial charge in [0.25, 0.3) is 5.91 Å². The molecule has 0 aliphatic carbocycles. The number of fused-ring (bicyclic) bond motifs is 1. The van der Waals surface area contributed by atoms with Gasteiger partial charge >= 0.3 is 0 Å². The number of hydrogen-bond acceptors (Lipinski definition) is 6. The Bertz CT molecular complexity index is 1180. The van der Waals surface area contributed by atoms with Crippen LogP contribution in [0.1, 0.15) is 41.0 Å². The van der Waals surface area contributed by atoms with Crippen LogP contribution < -0.4 is 16.0 Å². The SMILES string of the molecule is CC(C)(O)CCn1cc2cc(NC(=O)c3cccc(C(N)=O)c3)c(N3CCSCC3)cc2n1. The molecule has 9 heteroatoms. The Hall–Kier alpha value is -3.04. The minimum absolute atomic E-state index is 0.291. The summed E-state index contributed by atoms with van der Waals surface area (Å²) in [5.74, 6) is 1.16. The first kappa shape index (κ1) is 23.1. The van der Waals surface area contributed by atoms with Gasteiger partial charge in [0.05, 0.1) is 22.5 Å². The number of anilines is 2. The van der Waals surface area contributed by atoms with Crippen LogP contribution in [0.15, 0.2) is 42.6 Å². The topological polar surface area (TPSA) is 113 Å². The van der Waals surface area contributed by atoms with Crippen LogP contribution in [-0.4, -0.2) is 56.9 Å². The lowest BCUT2D eigenvalue weighted by Gasteiger charge is -2.30. The van der Waals surface area contributed by atoms with E-state index in [4.69, 9.17) is 10.8 Å². The predicted molar refractivity (Wildman–Crippen MR) is 133 cm³/mol. The van der Waals surface area contributed by atoms with E-state index < -0.39 is 11.5 Å². The Morgan fingerprint density at radius 3 is 2.61 bits per heavy atom. The molecule has 174 valence electrons. The van der Waals surface area contributed by atoms with Gasteiger partial charge in [-0.25, -0.2) is 0 Å². The van der Waals surface area contributed by atoms with Crippen molar-refractivity contribution < 1.29 is 14.7 Å². The Labute approximate surface area is 197 Å². The zero-order valence-electron chi connectivity index (χ0n) is 18.9. The van der Waals surface area contributed by atoms with Crippen LogP contribution in [0.3, 0.4) is 0 Å². The van der Waals surface area contributed by atoms with Crippen LogP contribution >= 0.6 is 11.8 Å². The van der Waals surface area contributed by atoms with E-state index in [0.717, 1.165) is 41.2 Å². The molecule has 33 heavy (non-hydrogen) atoms. The van der Waals surface area contributed by atoms with Crippen molar-refractivity contribution in [2.45, 2.75) is 32.4 Å². The minimum atomic E-state index is -0.770. The number of amides is 2. The van der Waals surface area contributed by atoms with Gasteiger partial charge in [-0.05, 0) is 50.6 Å². The molecule has 0 atom stereocenters. The van der Waals surface area contributed by atoms with Gasteiger partial charge in [-0.1, -0.05) is 6.07 Å². The van der Waals surface area contributed by atoms with Crippen LogP contribution in [0.2, 0.25) is 0 Å². The van der Waals surface area contributed by atoms with Gasteiger partial charge in [0.1, 0.15) is 0 Å². The molecule has 8 nitrogen and oxygen atoms in total. The average Bonchev–Trinajstić information content (AvgIpc) is 3.19. The summed E-state index contributed by atoms with van der Waals surface area (Å²) >= 11 is 1.91. The molecule has 0 saturated carbocycles. The molecule has 1 fully saturated rings. The molecule has 1 saturated heterocycles. The van der Waals surface area contributed by atoms with Gasteiger partial charge in [0, 0.05) is 53.8 Å². The lowest BCUT2D eigenvalue weighted by Crippen LogP contribution is -2.33. The van der Waals surface area contributed by atoms with Gasteiger partial charge in [0.15, 0.2) is 0 Å². The summed E-state index contributed by atoms with van der Waals surface area (Å²) in [4.78, 5) is 26.8. The molecule has 2 amide bonds. The fourth-order valence-electron chi connectivity index (χ4n) is 3.79. The van der Waals surface area contributed by atoms with Crippen LogP contribution in [-0.2, 0) is 6.54 Å². The fourth-order valence-corrected chi connectivity index (χ4v) is 4.69. The number of primary amides is 1. The van der Waals surface area contributed by atoms with Gasteiger partial charge in [0.2, 0.25) is 5.91 Å². The van der Waals surface area contributed by atoms with E-state index in [1.165, 1.54) is 6.07 Å². The second-order valence-corrected chi connectivity index (χ2v) is 10.1. The van der Waals surface area contributed by atoms with Crippen molar-refractivity contribution in [3.05, 3.63) is 53.7 Å². The zero-order chi connectivity index (χ0) is 23.6. The van der Waals surface area contributed by atoms with E-state index in [9.17, 15) is 14.7 Å². The summed E-state index contributed by atoms with van der Waals surface area (Å²) in [5, 5.41) is 18.7. The Morgan fingerprint density at radius 2 is 1.91 bits per heavy atom. The molecule has 3 aromatic rings. The van der Waals surface area contributed by atoms with Crippen molar-refractivity contribution in [2.24, 2.45) is 5.73 Å². The standard InChI is InChI=1S/C24H29N5O3S/c1-24(2,32)6-7-29-15-18-13-20(21(14-19(18)27-29)28-8-10-33-11-9-28)26-23(31)17-5-3-4-16(12-17)22(25)30/h3-5,12-15,32H,6-11H2,1-2H3,(H2,25,30)(H,26,31). The highest BCUT2D eigenvalue weighted by molar-refractivity contribution is 7.99. The summed E-state index contributed by atoms with van der Waals surface area (Å²) in [6.07, 6.45) is 2.51. The summed E-state index contributed by atoms with van der Waals surface area (Å²) in [6, 6.07) is 10.4. The Balaban J connectivity index is 1.67. The van der Waals surface area contributed by atoms with Gasteiger partial charge < -0.3 is 21.1 Å². The average molecular weight is 468 g/mol. The number of carbonyl (C=O) groups excluding carboxylic acids is 2. The van der Waals surface area contributed by atoms with Crippen LogP contribution in [0.4, 0.5) is 11.4 Å². The third kappa shape index (κ3) is 5.66. The number of nitrogens with zero attached hydrogens (tertiary/aromatic N) is 3. The summed E-state index contributed by atoms with van der Waals surface area (Å²) in [7, 11) is 0. The summed E-state index contributed by atoms with van der Waals surface area (Å²) in [5.41, 5.74) is 7.72. The molecule has 1 aromatic heterocycles. The van der Waals surface area contributed by atoms with E-state index in [2.05, 4.69) is 10.2 Å². The first-order valence-corrected chi connectivity index (χ1v) is 12.1. The number of benzene rings is 2. The van der Waals surface area contributed by atoms with Crippen molar-refractivity contribution in [3.63, 3.8) is 0 Å². The normalized spacial score (nSPS) is 14.5. The quantitative estimate of drug-likeness (QED) is 0.492. The first-order valence-electron chi connectivity index (χ1n) is 11.0. The van der Waals surface area contributed by atoms with Crippen molar-refractivity contribution in [1.82, 2.24) is 9.78 Å². The molecule has 2 aromatic carbocycles. The number of aromatic nitrogens is 2. The number of carbonyl (C=O) groups is 2. The molecule has 1 aliphatic heterocycles. The number of hydrogen-bond donors (Lipinski definition) is 3. The highest BCUT2D eigenvalue weighted by Crippen LogP contribution is 2.33. The number of nitrogens with two attached hydrogens (primary N) is 1. The lowest BCUT2D eigenvalue weighted by molar-refractivity contribution is 0.0651. The smallest absolute Gasteiger partial charge is 0.255 e. The lowest BCUT2D eigenvalue weighted by atomic mass is 10.1. The molecule has 1 aliphatic rings. The molecular weight excluding hydrogens is 438 g/mol. The summed E-state index contributed by atoms with van der Waals surface area (Å²) in [6.45, 7) is 5.92. The summed E-state index contributed by atoms with van der Waals surface area (Å²) < 4.78 is 1.83. The third-order valence-electron chi connectivity index (χ3n) is 5.63. The molecule has 0 spiro atoms. The number of thioether (sulfide) groups is 1. The molecular formula is C24H29N5O3S. The van der Waals surface area contributed by atoms with E-state index >= 15 is 0 Å². The maximum absolute atomic E-state index is 13.0. The fraction of sp³-hybridized carbons (Fsp3) is 0.375. The molecule has 2 heterocycles. The Morgan fingerprint density at radius 1 is 1.18 bits per heavy atom. The van der Waals surface area contributed by atoms with Crippen molar-refractivity contribution >= 4 is 45.9 Å². The van der Waals surface area contributed by atoms with E-state index in [-0.39, 0.29) is 5.91 Å². The third-order valence-corrected chi connectivity index (χ3v) is 6.57. The molecule has 0 unspecified atom stereocenters. The van der Waals surface area contributed by atoms with Gasteiger partial charge in [-0.3, -0.25) is 14.3 Å². The van der Waals surface area contributed by atoms with Crippen LogP contribution in [0.5, 0.6) is 0 Å². The minimum Gasteiger partial charge on any atom is -0.390 e. The molecule has 4 N–H and O–H groups in total. The van der Waals surface area contributed by atoms with E-state index in [1.54, 1.807) is 32.0 Å². The highest BCUT2D eigenvalue weighted by atomic mass is 32.2. The second kappa shape index (κ2) is 9.44. The highest BCUT2D eigenvalue weighted by Gasteiger charge is 2.20. The largest absolute Gasteiger partial charge is 0.390 e. The number of nitrogens with one attached hydrogen (secondary N) is 1. The van der Waals surface area contributed by atoms with Crippen LogP contribution in [0, 0.1) is 0 Å². The molecule has 0 radical (unpaired) electrons. The zero-order valence-corrected chi connectivity index (χ0v) is 19.7. The number of rotatable bonds is 7. The number of aliphatic hydroxyl groups is 1. The number of aryl methyl sites for hydroxylation is 1. The Kier molecular flexibility index (Phi) is 6.62. The van der Waals surface area contributed by atoms with Crippen molar-refractivity contribution in [1.29, 1.82) is 0 Å². The maximum atomic E-state index is 13.0. The second-order valence-electron chi connectivity index (χ2n) is 8.88. The van der Waals surface area contributed by atoms with Gasteiger partial charge in [-0.15, -0.1) is 0 Å². The maximum Gasteiger partial charge on any atom is 0.255 e. The predicted octanol–water partition coefficient (Wildman–Crippen LogP) is 3.10. The first-order chi connectivity index (χ1) is 15.7.